The normalized spacial score (nSPS) is 21.0. The summed E-state index contributed by atoms with van der Waals surface area (Å²) in [5.41, 5.74) is 0. The van der Waals surface area contributed by atoms with Crippen molar-refractivity contribution in [2.45, 2.75) is 52.0 Å². The molecule has 0 saturated carbocycles. The van der Waals surface area contributed by atoms with Gasteiger partial charge in [0.05, 0.1) is 0 Å². The molecule has 148 valence electrons. The molecule has 7 heteroatoms. The van der Waals surface area contributed by atoms with Crippen molar-refractivity contribution >= 4 is 34.9 Å². The Hall–Kier alpha value is -1.89. The average Bonchev–Trinajstić information content (AvgIpc) is 2.67. The van der Waals surface area contributed by atoms with Gasteiger partial charge < -0.3 is 20.4 Å². The number of anilines is 3. The lowest BCUT2D eigenvalue weighted by molar-refractivity contribution is 0.436. The van der Waals surface area contributed by atoms with Gasteiger partial charge in [0.2, 0.25) is 5.95 Å². The molecule has 0 radical (unpaired) electrons. The summed E-state index contributed by atoms with van der Waals surface area (Å²) in [5, 5.41) is 6.77. The second-order valence-electron chi connectivity index (χ2n) is 7.74. The Balaban J connectivity index is 1.84. The Morgan fingerprint density at radius 3 is 2.63 bits per heavy atom. The molecule has 0 aromatic carbocycles. The highest BCUT2D eigenvalue weighted by Crippen LogP contribution is 2.29. The first-order chi connectivity index (χ1) is 13.1. The molecule has 0 amide bonds. The minimum absolute atomic E-state index is 0.501. The molecule has 0 spiro atoms. The van der Waals surface area contributed by atoms with Gasteiger partial charge in [-0.15, -0.1) is 6.58 Å². The number of nitrogens with zero attached hydrogens (tertiary/aromatic N) is 4. The fourth-order valence-electron chi connectivity index (χ4n) is 3.77. The maximum absolute atomic E-state index is 5.36. The molecule has 3 heterocycles. The van der Waals surface area contributed by atoms with E-state index in [9.17, 15) is 0 Å². The molecular formula is C20H32N6S. The fraction of sp³-hybridized carbons (Fsp3) is 0.650. The number of hydrogen-bond donors (Lipinski definition) is 2. The summed E-state index contributed by atoms with van der Waals surface area (Å²) in [7, 11) is 0. The maximum atomic E-state index is 5.36. The molecule has 1 unspecified atom stereocenters. The number of hydrogen-bond acceptors (Lipinski definition) is 5. The summed E-state index contributed by atoms with van der Waals surface area (Å²) in [6, 6.07) is 2.66. The van der Waals surface area contributed by atoms with Crippen LogP contribution in [0.15, 0.2) is 18.7 Å². The van der Waals surface area contributed by atoms with Gasteiger partial charge in [-0.25, -0.2) is 0 Å². The van der Waals surface area contributed by atoms with Crippen LogP contribution in [0.25, 0.3) is 0 Å². The Morgan fingerprint density at radius 1 is 1.19 bits per heavy atom. The van der Waals surface area contributed by atoms with E-state index in [1.807, 2.05) is 0 Å². The number of rotatable bonds is 5. The molecule has 2 aliphatic rings. The van der Waals surface area contributed by atoms with Crippen molar-refractivity contribution in [3.05, 3.63) is 18.7 Å². The lowest BCUT2D eigenvalue weighted by Crippen LogP contribution is -2.39. The SMILES string of the molecule is C=CCNC(=S)Nc1nc(N2CCC(C)CC2)cc(N2CCCCC2C)n1. The molecular weight excluding hydrogens is 356 g/mol. The zero-order valence-corrected chi connectivity index (χ0v) is 17.4. The van der Waals surface area contributed by atoms with Crippen LogP contribution < -0.4 is 20.4 Å². The molecule has 2 N–H and O–H groups in total. The van der Waals surface area contributed by atoms with E-state index >= 15 is 0 Å². The van der Waals surface area contributed by atoms with E-state index in [1.54, 1.807) is 6.08 Å². The number of nitrogens with one attached hydrogen (secondary N) is 2. The zero-order chi connectivity index (χ0) is 19.2. The highest BCUT2D eigenvalue weighted by molar-refractivity contribution is 7.80. The number of piperidine rings is 2. The molecule has 2 saturated heterocycles. The van der Waals surface area contributed by atoms with Crippen LogP contribution in [0, 0.1) is 5.92 Å². The van der Waals surface area contributed by atoms with E-state index in [2.05, 4.69) is 46.9 Å². The van der Waals surface area contributed by atoms with Gasteiger partial charge >= 0.3 is 0 Å². The van der Waals surface area contributed by atoms with Crippen LogP contribution in [0.1, 0.15) is 46.0 Å². The van der Waals surface area contributed by atoms with Gasteiger partial charge in [-0.2, -0.15) is 9.97 Å². The van der Waals surface area contributed by atoms with Gasteiger partial charge in [0.15, 0.2) is 5.11 Å². The van der Waals surface area contributed by atoms with Crippen LogP contribution in [-0.2, 0) is 0 Å². The molecule has 1 aromatic heterocycles. The summed E-state index contributed by atoms with van der Waals surface area (Å²) in [6.07, 6.45) is 7.92. The highest BCUT2D eigenvalue weighted by Gasteiger charge is 2.23. The van der Waals surface area contributed by atoms with Gasteiger partial charge in [0.25, 0.3) is 0 Å². The molecule has 0 aliphatic carbocycles. The van der Waals surface area contributed by atoms with Crippen LogP contribution in [0.3, 0.4) is 0 Å². The van der Waals surface area contributed by atoms with E-state index in [-0.39, 0.29) is 0 Å². The van der Waals surface area contributed by atoms with E-state index in [1.165, 1.54) is 32.1 Å². The largest absolute Gasteiger partial charge is 0.359 e. The minimum Gasteiger partial charge on any atom is -0.359 e. The first-order valence-corrected chi connectivity index (χ1v) is 10.5. The fourth-order valence-corrected chi connectivity index (χ4v) is 3.95. The summed E-state index contributed by atoms with van der Waals surface area (Å²) in [5.74, 6) is 3.36. The van der Waals surface area contributed by atoms with E-state index in [0.717, 1.165) is 37.2 Å². The Morgan fingerprint density at radius 2 is 1.93 bits per heavy atom. The molecule has 1 aromatic rings. The van der Waals surface area contributed by atoms with Gasteiger partial charge in [-0.05, 0) is 57.2 Å². The Kier molecular flexibility index (Phi) is 6.88. The quantitative estimate of drug-likeness (QED) is 0.591. The second-order valence-corrected chi connectivity index (χ2v) is 8.15. The minimum atomic E-state index is 0.501. The average molecular weight is 389 g/mol. The van der Waals surface area contributed by atoms with Crippen molar-refractivity contribution in [2.24, 2.45) is 5.92 Å². The maximum Gasteiger partial charge on any atom is 0.232 e. The molecule has 27 heavy (non-hydrogen) atoms. The Bertz CT molecular complexity index is 656. The molecule has 2 aliphatic heterocycles. The van der Waals surface area contributed by atoms with Crippen LogP contribution >= 0.6 is 12.2 Å². The summed E-state index contributed by atoms with van der Waals surface area (Å²) in [6.45, 7) is 12.1. The molecule has 6 nitrogen and oxygen atoms in total. The summed E-state index contributed by atoms with van der Waals surface area (Å²) < 4.78 is 0. The highest BCUT2D eigenvalue weighted by atomic mass is 32.1. The van der Waals surface area contributed by atoms with Crippen molar-refractivity contribution in [2.75, 3.05) is 41.3 Å². The van der Waals surface area contributed by atoms with Crippen LogP contribution in [0.2, 0.25) is 0 Å². The lowest BCUT2D eigenvalue weighted by atomic mass is 9.99. The third-order valence-electron chi connectivity index (χ3n) is 5.54. The van der Waals surface area contributed by atoms with Gasteiger partial charge in [0, 0.05) is 38.3 Å². The monoisotopic (exact) mass is 388 g/mol. The summed E-state index contributed by atoms with van der Waals surface area (Å²) >= 11 is 5.36. The zero-order valence-electron chi connectivity index (χ0n) is 16.6. The van der Waals surface area contributed by atoms with E-state index < -0.39 is 0 Å². The second kappa shape index (κ2) is 9.35. The summed E-state index contributed by atoms with van der Waals surface area (Å²) in [4.78, 5) is 14.4. The van der Waals surface area contributed by atoms with Crippen LogP contribution in [0.5, 0.6) is 0 Å². The first kappa shape index (κ1) is 19.9. The lowest BCUT2D eigenvalue weighted by Gasteiger charge is -2.36. The third-order valence-corrected chi connectivity index (χ3v) is 5.78. The van der Waals surface area contributed by atoms with Crippen LogP contribution in [0.4, 0.5) is 17.6 Å². The number of aromatic nitrogens is 2. The van der Waals surface area contributed by atoms with Gasteiger partial charge in [-0.1, -0.05) is 13.0 Å². The van der Waals surface area contributed by atoms with Gasteiger partial charge in [-0.3, -0.25) is 0 Å². The van der Waals surface area contributed by atoms with Crippen molar-refractivity contribution in [3.8, 4) is 0 Å². The topological polar surface area (TPSA) is 56.3 Å². The van der Waals surface area contributed by atoms with Crippen molar-refractivity contribution < 1.29 is 0 Å². The predicted molar refractivity (Wildman–Crippen MR) is 118 cm³/mol. The molecule has 1 atom stereocenters. The predicted octanol–water partition coefficient (Wildman–Crippen LogP) is 3.56. The molecule has 0 bridgehead atoms. The first-order valence-electron chi connectivity index (χ1n) is 10.1. The number of thiocarbonyl (C=S) groups is 1. The van der Waals surface area contributed by atoms with E-state index in [0.29, 0.717) is 23.6 Å². The van der Waals surface area contributed by atoms with E-state index in [4.69, 9.17) is 22.2 Å². The molecule has 2 fully saturated rings. The third kappa shape index (κ3) is 5.31. The van der Waals surface area contributed by atoms with Crippen molar-refractivity contribution in [3.63, 3.8) is 0 Å². The molecule has 3 rings (SSSR count). The van der Waals surface area contributed by atoms with Crippen molar-refractivity contribution in [1.29, 1.82) is 0 Å². The van der Waals surface area contributed by atoms with Crippen LogP contribution in [-0.4, -0.2) is 47.3 Å². The van der Waals surface area contributed by atoms with Crippen molar-refractivity contribution in [1.82, 2.24) is 15.3 Å². The Labute approximate surface area is 168 Å². The standard InChI is InChI=1S/C20H32N6S/c1-4-10-21-20(27)24-19-22-17(25-12-8-15(2)9-13-25)14-18(23-19)26-11-6-5-7-16(26)3/h4,14-16H,1,5-13H2,2-3H3,(H2,21,22,23,24,27). The van der Waals surface area contributed by atoms with Gasteiger partial charge in [0.1, 0.15) is 11.6 Å². The smallest absolute Gasteiger partial charge is 0.232 e.